The van der Waals surface area contributed by atoms with Crippen LogP contribution in [0.4, 0.5) is 9.59 Å². The summed E-state index contributed by atoms with van der Waals surface area (Å²) in [7, 11) is 0. The number of primary amides is 1. The number of nitrogens with two attached hydrogens (primary N) is 1. The molecule has 0 fully saturated rings. The summed E-state index contributed by atoms with van der Waals surface area (Å²) in [6, 6.07) is 12.3. The molecular weight excluding hydrogens is 562 g/mol. The number of benzene rings is 2. The highest BCUT2D eigenvalue weighted by Gasteiger charge is 2.18. The average molecular weight is 600 g/mol. The summed E-state index contributed by atoms with van der Waals surface area (Å²) in [5.74, 6) is 0.0468. The molecule has 0 aliphatic carbocycles. The lowest BCUT2D eigenvalue weighted by Gasteiger charge is -2.19. The van der Waals surface area contributed by atoms with Crippen LogP contribution in [0.25, 0.3) is 21.9 Å². The van der Waals surface area contributed by atoms with E-state index in [1.807, 2.05) is 45.0 Å². The van der Waals surface area contributed by atoms with Gasteiger partial charge in [-0.1, -0.05) is 18.2 Å². The molecule has 4 rings (SSSR count). The minimum absolute atomic E-state index is 0.168. The quantitative estimate of drug-likeness (QED) is 0.229. The van der Waals surface area contributed by atoms with Crippen LogP contribution in [0.1, 0.15) is 51.9 Å². The van der Waals surface area contributed by atoms with Crippen molar-refractivity contribution >= 4 is 40.0 Å². The van der Waals surface area contributed by atoms with Gasteiger partial charge in [0.1, 0.15) is 24.4 Å². The van der Waals surface area contributed by atoms with Gasteiger partial charge in [-0.25, -0.2) is 9.59 Å². The maximum Gasteiger partial charge on any atom is 0.407 e. The number of rotatable bonds is 9. The smallest absolute Gasteiger partial charge is 0.407 e. The van der Waals surface area contributed by atoms with Gasteiger partial charge in [0.25, 0.3) is 17.7 Å². The predicted molar refractivity (Wildman–Crippen MR) is 156 cm³/mol. The summed E-state index contributed by atoms with van der Waals surface area (Å²) in [6.07, 6.45) is -0.992. The summed E-state index contributed by atoms with van der Waals surface area (Å²) >= 11 is 0. The fourth-order valence-electron chi connectivity index (χ4n) is 3.43. The van der Waals surface area contributed by atoms with Crippen molar-refractivity contribution < 1.29 is 42.4 Å². The number of aromatic nitrogens is 2. The Bertz CT molecular complexity index is 1530. The fourth-order valence-corrected chi connectivity index (χ4v) is 3.43. The number of nitrogens with one attached hydrogen (secondary N) is 2. The van der Waals surface area contributed by atoms with Gasteiger partial charge in [-0.15, -0.1) is 0 Å². The van der Waals surface area contributed by atoms with Crippen LogP contribution < -0.4 is 25.8 Å². The molecule has 232 valence electrons. The molecular formula is C29H37N5O9. The van der Waals surface area contributed by atoms with Crippen molar-refractivity contribution in [2.75, 3.05) is 26.3 Å². The Morgan fingerprint density at radius 3 is 1.81 bits per heavy atom. The van der Waals surface area contributed by atoms with E-state index in [9.17, 15) is 14.4 Å². The lowest BCUT2D eigenvalue weighted by molar-refractivity contribution is 0.0508. The van der Waals surface area contributed by atoms with Gasteiger partial charge in [-0.2, -0.15) is 0 Å². The highest BCUT2D eigenvalue weighted by atomic mass is 16.6. The molecule has 3 amide bonds. The first-order valence-electron chi connectivity index (χ1n) is 13.5. The van der Waals surface area contributed by atoms with Crippen LogP contribution in [0.5, 0.6) is 11.8 Å². The van der Waals surface area contributed by atoms with Crippen molar-refractivity contribution in [2.24, 2.45) is 5.73 Å². The van der Waals surface area contributed by atoms with Gasteiger partial charge in [0, 0.05) is 0 Å². The van der Waals surface area contributed by atoms with Crippen LogP contribution in [-0.4, -0.2) is 65.9 Å². The minimum atomic E-state index is -0.607. The molecule has 0 saturated heterocycles. The van der Waals surface area contributed by atoms with Crippen molar-refractivity contribution in [3.63, 3.8) is 0 Å². The number of nitrogens with zero attached hydrogens (tertiary/aromatic N) is 2. The molecule has 4 N–H and O–H groups in total. The standard InChI is InChI=1S/C15H19N3O5.C14H18N2O4/c1-15(2,3)22-14(20)17-7-8-21-13-10-6-4-5-9(12(16)19)11(10)23-18-13;1-14(2,3)19-13(17)15-8-9-18-12-10-6-4-5-7-11(10)20-16-12/h4-6H,7-8H2,1-3H3,(H2,16,19)(H,17,20);4-7H,8-9H2,1-3H3,(H,15,17). The van der Waals surface area contributed by atoms with Gasteiger partial charge >= 0.3 is 12.2 Å². The monoisotopic (exact) mass is 599 g/mol. The van der Waals surface area contributed by atoms with Gasteiger partial charge < -0.3 is 44.4 Å². The van der Waals surface area contributed by atoms with Crippen LogP contribution in [-0.2, 0) is 9.47 Å². The number of para-hydroxylation sites is 2. The van der Waals surface area contributed by atoms with E-state index >= 15 is 0 Å². The maximum atomic E-state index is 11.5. The Labute approximate surface area is 248 Å². The van der Waals surface area contributed by atoms with Crippen molar-refractivity contribution in [3.05, 3.63) is 48.0 Å². The number of ether oxygens (including phenoxy) is 4. The van der Waals surface area contributed by atoms with Crippen LogP contribution in [0, 0.1) is 0 Å². The number of carbonyl (C=O) groups excluding carboxylic acids is 3. The topological polar surface area (TPSA) is 190 Å². The first kappa shape index (κ1) is 32.5. The van der Waals surface area contributed by atoms with E-state index in [0.717, 1.165) is 5.39 Å². The lowest BCUT2D eigenvalue weighted by atomic mass is 10.1. The van der Waals surface area contributed by atoms with Gasteiger partial charge in [-0.05, 0) is 76.1 Å². The highest BCUT2D eigenvalue weighted by molar-refractivity contribution is 6.04. The van der Waals surface area contributed by atoms with Crippen LogP contribution in [0.2, 0.25) is 0 Å². The molecule has 2 aromatic heterocycles. The molecule has 14 heteroatoms. The van der Waals surface area contributed by atoms with Gasteiger partial charge in [-0.3, -0.25) is 4.79 Å². The van der Waals surface area contributed by atoms with Gasteiger partial charge in [0.2, 0.25) is 0 Å². The second kappa shape index (κ2) is 14.2. The van der Waals surface area contributed by atoms with Crippen molar-refractivity contribution in [3.8, 4) is 11.8 Å². The third-order valence-electron chi connectivity index (χ3n) is 5.09. The number of hydrogen-bond donors (Lipinski definition) is 3. The normalized spacial score (nSPS) is 11.3. The predicted octanol–water partition coefficient (Wildman–Crippen LogP) is 4.56. The molecule has 14 nitrogen and oxygen atoms in total. The zero-order chi connectivity index (χ0) is 31.6. The third kappa shape index (κ3) is 10.4. The van der Waals surface area contributed by atoms with E-state index in [0.29, 0.717) is 23.4 Å². The molecule has 0 saturated carbocycles. The Balaban J connectivity index is 0.000000238. The number of amides is 3. The second-order valence-electron chi connectivity index (χ2n) is 11.1. The zero-order valence-electron chi connectivity index (χ0n) is 25.0. The van der Waals surface area contributed by atoms with E-state index in [1.54, 1.807) is 39.0 Å². The highest BCUT2D eigenvalue weighted by Crippen LogP contribution is 2.27. The molecule has 2 aromatic carbocycles. The molecule has 2 heterocycles. The number of alkyl carbamates (subject to hydrolysis) is 2. The van der Waals surface area contributed by atoms with E-state index < -0.39 is 29.3 Å². The molecule has 0 unspecified atom stereocenters. The average Bonchev–Trinajstić information content (AvgIpc) is 3.51. The Morgan fingerprint density at radius 2 is 1.26 bits per heavy atom. The first-order valence-corrected chi connectivity index (χ1v) is 13.5. The van der Waals surface area contributed by atoms with Crippen molar-refractivity contribution in [1.29, 1.82) is 0 Å². The van der Waals surface area contributed by atoms with E-state index in [1.165, 1.54) is 0 Å². The fraction of sp³-hybridized carbons (Fsp3) is 0.414. The Kier molecular flexibility index (Phi) is 10.8. The lowest BCUT2D eigenvalue weighted by Crippen LogP contribution is -2.34. The number of carbonyl (C=O) groups is 3. The second-order valence-corrected chi connectivity index (χ2v) is 11.1. The summed E-state index contributed by atoms with van der Waals surface area (Å²) in [5.41, 5.74) is 5.38. The summed E-state index contributed by atoms with van der Waals surface area (Å²) < 4.78 is 31.3. The molecule has 4 aromatic rings. The zero-order valence-corrected chi connectivity index (χ0v) is 25.0. The molecule has 0 bridgehead atoms. The van der Waals surface area contributed by atoms with E-state index in [-0.39, 0.29) is 36.8 Å². The summed E-state index contributed by atoms with van der Waals surface area (Å²) in [5, 5.41) is 14.1. The maximum absolute atomic E-state index is 11.5. The number of fused-ring (bicyclic) bond motifs is 2. The van der Waals surface area contributed by atoms with Gasteiger partial charge in [0.05, 0.1) is 29.4 Å². The van der Waals surface area contributed by atoms with E-state index in [4.69, 9.17) is 33.7 Å². The van der Waals surface area contributed by atoms with Crippen molar-refractivity contribution in [1.82, 2.24) is 20.9 Å². The Morgan fingerprint density at radius 1 is 0.744 bits per heavy atom. The summed E-state index contributed by atoms with van der Waals surface area (Å²) in [4.78, 5) is 34.2. The van der Waals surface area contributed by atoms with Crippen LogP contribution in [0.3, 0.4) is 0 Å². The molecule has 0 spiro atoms. The Hall–Kier alpha value is -5.01. The number of hydrogen-bond acceptors (Lipinski definition) is 11. The van der Waals surface area contributed by atoms with E-state index in [2.05, 4.69) is 20.9 Å². The molecule has 0 aliphatic heterocycles. The van der Waals surface area contributed by atoms with Crippen LogP contribution in [0.15, 0.2) is 51.5 Å². The molecule has 0 atom stereocenters. The molecule has 0 radical (unpaired) electrons. The third-order valence-corrected chi connectivity index (χ3v) is 5.09. The molecule has 0 aliphatic rings. The minimum Gasteiger partial charge on any atom is -0.473 e. The SMILES string of the molecule is CC(C)(C)OC(=O)NCCOc1noc2c(C(N)=O)cccc12.CC(C)(C)OC(=O)NCCOc1noc2ccccc12. The van der Waals surface area contributed by atoms with Crippen molar-refractivity contribution in [2.45, 2.75) is 52.7 Å². The summed E-state index contributed by atoms with van der Waals surface area (Å²) in [6.45, 7) is 11.8. The van der Waals surface area contributed by atoms with Gasteiger partial charge in [0.15, 0.2) is 11.2 Å². The molecule has 43 heavy (non-hydrogen) atoms. The van der Waals surface area contributed by atoms with Crippen LogP contribution >= 0.6 is 0 Å². The largest absolute Gasteiger partial charge is 0.473 e. The first-order chi connectivity index (χ1) is 20.2.